The van der Waals surface area contributed by atoms with Crippen LogP contribution in [-0.4, -0.2) is 31.7 Å². The Bertz CT molecular complexity index is 742. The van der Waals surface area contributed by atoms with Crippen LogP contribution in [0.15, 0.2) is 24.3 Å². The van der Waals surface area contributed by atoms with Crippen LogP contribution in [0.1, 0.15) is 12.0 Å². The number of benzene rings is 1. The van der Waals surface area contributed by atoms with E-state index in [-0.39, 0.29) is 17.9 Å². The van der Waals surface area contributed by atoms with Gasteiger partial charge in [0, 0.05) is 21.7 Å². The van der Waals surface area contributed by atoms with Gasteiger partial charge in [-0.2, -0.15) is 0 Å². The maximum Gasteiger partial charge on any atom is 0.262 e. The third-order valence-electron chi connectivity index (χ3n) is 3.31. The SMILES string of the molecule is O=C(/C=C/c1c(Cl)cccc1Cl)NNC(=O)[C@H]1CCS(=O)(=O)C1. The number of amides is 2. The first kappa shape index (κ1) is 17.8. The van der Waals surface area contributed by atoms with Gasteiger partial charge in [-0.15, -0.1) is 0 Å². The van der Waals surface area contributed by atoms with E-state index in [0.717, 1.165) is 0 Å². The zero-order valence-corrected chi connectivity index (χ0v) is 14.2. The van der Waals surface area contributed by atoms with E-state index in [1.165, 1.54) is 12.2 Å². The van der Waals surface area contributed by atoms with E-state index >= 15 is 0 Å². The van der Waals surface area contributed by atoms with Crippen molar-refractivity contribution in [2.75, 3.05) is 11.5 Å². The zero-order chi connectivity index (χ0) is 17.0. The molecule has 0 bridgehead atoms. The lowest BCUT2D eigenvalue weighted by Crippen LogP contribution is -2.44. The van der Waals surface area contributed by atoms with Crippen molar-refractivity contribution in [2.45, 2.75) is 6.42 Å². The molecule has 0 saturated carbocycles. The van der Waals surface area contributed by atoms with Crippen molar-refractivity contribution >= 4 is 50.9 Å². The molecule has 0 spiro atoms. The summed E-state index contributed by atoms with van der Waals surface area (Å²) in [6, 6.07) is 4.94. The summed E-state index contributed by atoms with van der Waals surface area (Å²) in [4.78, 5) is 23.4. The number of carbonyl (C=O) groups excluding carboxylic acids is 2. The van der Waals surface area contributed by atoms with Crippen molar-refractivity contribution in [1.29, 1.82) is 0 Å². The molecule has 6 nitrogen and oxygen atoms in total. The van der Waals surface area contributed by atoms with Gasteiger partial charge in [0.15, 0.2) is 9.84 Å². The molecule has 1 aliphatic rings. The van der Waals surface area contributed by atoms with Crippen molar-refractivity contribution in [3.8, 4) is 0 Å². The molecule has 1 heterocycles. The molecule has 0 unspecified atom stereocenters. The predicted molar refractivity (Wildman–Crippen MR) is 88.5 cm³/mol. The van der Waals surface area contributed by atoms with Crippen molar-refractivity contribution in [2.24, 2.45) is 5.92 Å². The highest BCUT2D eigenvalue weighted by molar-refractivity contribution is 7.91. The van der Waals surface area contributed by atoms with Crippen LogP contribution in [0.4, 0.5) is 0 Å². The summed E-state index contributed by atoms with van der Waals surface area (Å²) in [5, 5.41) is 0.781. The van der Waals surface area contributed by atoms with Gasteiger partial charge in [-0.25, -0.2) is 8.42 Å². The molecule has 0 aromatic heterocycles. The number of sulfone groups is 1. The summed E-state index contributed by atoms with van der Waals surface area (Å²) in [6.45, 7) is 0. The van der Waals surface area contributed by atoms with Crippen molar-refractivity contribution < 1.29 is 18.0 Å². The van der Waals surface area contributed by atoms with Crippen LogP contribution in [0.25, 0.3) is 6.08 Å². The number of carbonyl (C=O) groups is 2. The quantitative estimate of drug-likeness (QED) is 0.618. The number of hydrazine groups is 1. The summed E-state index contributed by atoms with van der Waals surface area (Å²) in [5.74, 6) is -1.95. The van der Waals surface area contributed by atoms with Gasteiger partial charge in [0.2, 0.25) is 5.91 Å². The topological polar surface area (TPSA) is 92.3 Å². The number of hydrogen-bond acceptors (Lipinski definition) is 4. The van der Waals surface area contributed by atoms with Crippen molar-refractivity contribution in [3.05, 3.63) is 39.9 Å². The van der Waals surface area contributed by atoms with Gasteiger partial charge in [0.1, 0.15) is 0 Å². The summed E-state index contributed by atoms with van der Waals surface area (Å²) in [7, 11) is -3.15. The summed E-state index contributed by atoms with van der Waals surface area (Å²) >= 11 is 11.9. The highest BCUT2D eigenvalue weighted by Gasteiger charge is 2.32. The second kappa shape index (κ2) is 7.33. The molecule has 1 aliphatic heterocycles. The van der Waals surface area contributed by atoms with E-state index in [4.69, 9.17) is 23.2 Å². The van der Waals surface area contributed by atoms with Gasteiger partial charge in [-0.05, 0) is 24.6 Å². The minimum atomic E-state index is -3.15. The standard InChI is InChI=1S/C14H14Cl2N2O4S/c15-11-2-1-3-12(16)10(11)4-5-13(19)17-18-14(20)9-6-7-23(21,22)8-9/h1-5,9H,6-8H2,(H,17,19)(H,18,20)/b5-4+/t9-/m0/s1. The fraction of sp³-hybridized carbons (Fsp3) is 0.286. The molecule has 1 fully saturated rings. The lowest BCUT2D eigenvalue weighted by molar-refractivity contribution is -0.129. The first-order chi connectivity index (χ1) is 10.8. The van der Waals surface area contributed by atoms with E-state index in [1.807, 2.05) is 0 Å². The molecule has 9 heteroatoms. The number of halogens is 2. The van der Waals surface area contributed by atoms with E-state index in [2.05, 4.69) is 10.9 Å². The van der Waals surface area contributed by atoms with Crippen LogP contribution in [0.3, 0.4) is 0 Å². The Hall–Kier alpha value is -1.57. The Morgan fingerprint density at radius 3 is 2.39 bits per heavy atom. The molecule has 124 valence electrons. The Balaban J connectivity index is 1.88. The maximum atomic E-state index is 11.8. The second-order valence-corrected chi connectivity index (χ2v) is 8.09. The normalized spacial score (nSPS) is 19.7. The van der Waals surface area contributed by atoms with Gasteiger partial charge in [-0.1, -0.05) is 29.3 Å². The van der Waals surface area contributed by atoms with Gasteiger partial charge in [-0.3, -0.25) is 20.4 Å². The van der Waals surface area contributed by atoms with Gasteiger partial charge < -0.3 is 0 Å². The van der Waals surface area contributed by atoms with Crippen LogP contribution in [-0.2, 0) is 19.4 Å². The lowest BCUT2D eigenvalue weighted by atomic mass is 10.1. The molecule has 0 aliphatic carbocycles. The average molecular weight is 377 g/mol. The Morgan fingerprint density at radius 1 is 1.17 bits per heavy atom. The first-order valence-electron chi connectivity index (χ1n) is 6.71. The number of rotatable bonds is 3. The largest absolute Gasteiger partial charge is 0.273 e. The Labute approximate surface area is 143 Å². The lowest BCUT2D eigenvalue weighted by Gasteiger charge is -2.09. The van der Waals surface area contributed by atoms with Gasteiger partial charge >= 0.3 is 0 Å². The molecule has 1 atom stereocenters. The van der Waals surface area contributed by atoms with E-state index in [9.17, 15) is 18.0 Å². The van der Waals surface area contributed by atoms with Crippen LogP contribution in [0.2, 0.25) is 10.0 Å². The van der Waals surface area contributed by atoms with Gasteiger partial charge in [0.25, 0.3) is 5.91 Å². The molecular weight excluding hydrogens is 363 g/mol. The third kappa shape index (κ3) is 4.95. The van der Waals surface area contributed by atoms with E-state index in [1.54, 1.807) is 18.2 Å². The maximum absolute atomic E-state index is 11.8. The average Bonchev–Trinajstić information content (AvgIpc) is 2.84. The molecule has 2 N–H and O–H groups in total. The molecule has 2 amide bonds. The molecular formula is C14H14Cl2N2O4S. The monoisotopic (exact) mass is 376 g/mol. The Kier molecular flexibility index (Phi) is 5.67. The zero-order valence-electron chi connectivity index (χ0n) is 11.9. The van der Waals surface area contributed by atoms with E-state index < -0.39 is 27.6 Å². The van der Waals surface area contributed by atoms with Crippen LogP contribution < -0.4 is 10.9 Å². The molecule has 1 saturated heterocycles. The highest BCUT2D eigenvalue weighted by Crippen LogP contribution is 2.25. The summed E-state index contributed by atoms with van der Waals surface area (Å²) in [6.07, 6.45) is 2.85. The third-order valence-corrected chi connectivity index (χ3v) is 5.74. The summed E-state index contributed by atoms with van der Waals surface area (Å²) < 4.78 is 22.6. The molecule has 1 aromatic rings. The summed E-state index contributed by atoms with van der Waals surface area (Å²) in [5.41, 5.74) is 4.88. The van der Waals surface area contributed by atoms with E-state index in [0.29, 0.717) is 15.6 Å². The van der Waals surface area contributed by atoms with Crippen LogP contribution in [0, 0.1) is 5.92 Å². The van der Waals surface area contributed by atoms with Crippen molar-refractivity contribution in [3.63, 3.8) is 0 Å². The Morgan fingerprint density at radius 2 is 1.83 bits per heavy atom. The molecule has 0 radical (unpaired) electrons. The first-order valence-corrected chi connectivity index (χ1v) is 9.28. The van der Waals surface area contributed by atoms with Gasteiger partial charge in [0.05, 0.1) is 17.4 Å². The fourth-order valence-corrected chi connectivity index (χ4v) is 4.36. The highest BCUT2D eigenvalue weighted by atomic mass is 35.5. The predicted octanol–water partition coefficient (Wildman–Crippen LogP) is 1.59. The minimum absolute atomic E-state index is 0.00998. The molecule has 23 heavy (non-hydrogen) atoms. The molecule has 1 aromatic carbocycles. The van der Waals surface area contributed by atoms with Crippen LogP contribution >= 0.6 is 23.2 Å². The van der Waals surface area contributed by atoms with Crippen molar-refractivity contribution in [1.82, 2.24) is 10.9 Å². The molecule has 2 rings (SSSR count). The second-order valence-electron chi connectivity index (χ2n) is 5.05. The minimum Gasteiger partial charge on any atom is -0.273 e. The number of nitrogens with one attached hydrogen (secondary N) is 2. The fourth-order valence-electron chi connectivity index (χ4n) is 2.10. The number of hydrogen-bond donors (Lipinski definition) is 2. The smallest absolute Gasteiger partial charge is 0.262 e. The van der Waals surface area contributed by atoms with Crippen LogP contribution in [0.5, 0.6) is 0 Å².